The minimum atomic E-state index is 0.582. The summed E-state index contributed by atoms with van der Waals surface area (Å²) >= 11 is 5.70. The van der Waals surface area contributed by atoms with Gasteiger partial charge in [-0.25, -0.2) is 0 Å². The molecule has 1 atom stereocenters. The van der Waals surface area contributed by atoms with Gasteiger partial charge in [0.25, 0.3) is 0 Å². The van der Waals surface area contributed by atoms with Crippen molar-refractivity contribution in [1.29, 1.82) is 0 Å². The molecule has 1 rings (SSSR count). The van der Waals surface area contributed by atoms with Crippen molar-refractivity contribution in [3.63, 3.8) is 0 Å². The summed E-state index contributed by atoms with van der Waals surface area (Å²) in [6.07, 6.45) is 1.09. The molecule has 1 aromatic rings. The summed E-state index contributed by atoms with van der Waals surface area (Å²) in [6.45, 7) is 2.17. The molecule has 60 valence electrons. The van der Waals surface area contributed by atoms with Crippen molar-refractivity contribution in [2.24, 2.45) is 5.92 Å². The van der Waals surface area contributed by atoms with E-state index in [1.807, 2.05) is 6.07 Å². The van der Waals surface area contributed by atoms with Crippen molar-refractivity contribution in [1.82, 2.24) is 0 Å². The summed E-state index contributed by atoms with van der Waals surface area (Å²) in [5.74, 6) is 1.33. The van der Waals surface area contributed by atoms with Crippen molar-refractivity contribution >= 4 is 11.6 Å². The molecule has 1 aromatic carbocycles. The van der Waals surface area contributed by atoms with Gasteiger partial charge >= 0.3 is 0 Å². The molecule has 0 aliphatic rings. The van der Waals surface area contributed by atoms with E-state index in [2.05, 4.69) is 31.2 Å². The van der Waals surface area contributed by atoms with Crippen LogP contribution in [0.1, 0.15) is 12.5 Å². The highest BCUT2D eigenvalue weighted by molar-refractivity contribution is 6.18. The van der Waals surface area contributed by atoms with E-state index in [9.17, 15) is 0 Å². The zero-order valence-electron chi connectivity index (χ0n) is 6.76. The summed E-state index contributed by atoms with van der Waals surface area (Å²) < 4.78 is 0. The van der Waals surface area contributed by atoms with Crippen LogP contribution in [0.5, 0.6) is 0 Å². The second-order valence-corrected chi connectivity index (χ2v) is 3.26. The van der Waals surface area contributed by atoms with Crippen LogP contribution in [0.4, 0.5) is 0 Å². The van der Waals surface area contributed by atoms with Crippen LogP contribution in [0.25, 0.3) is 0 Å². The monoisotopic (exact) mass is 168 g/mol. The number of benzene rings is 1. The Bertz CT molecular complexity index is 193. The standard InChI is InChI=1S/C10H13Cl/c1-9(8-11)7-10-5-3-2-4-6-10/h2-6,9H,7-8H2,1H3/t9-/m1/s1. The topological polar surface area (TPSA) is 0 Å². The predicted octanol–water partition coefficient (Wildman–Crippen LogP) is 3.10. The molecule has 0 unspecified atom stereocenters. The average Bonchev–Trinajstić information content (AvgIpc) is 2.06. The molecule has 0 radical (unpaired) electrons. The number of rotatable bonds is 3. The van der Waals surface area contributed by atoms with E-state index in [1.165, 1.54) is 5.56 Å². The van der Waals surface area contributed by atoms with Crippen LogP contribution >= 0.6 is 11.6 Å². The Hall–Kier alpha value is -0.490. The van der Waals surface area contributed by atoms with Crippen molar-refractivity contribution in [2.45, 2.75) is 13.3 Å². The fraction of sp³-hybridized carbons (Fsp3) is 0.400. The summed E-state index contributed by atoms with van der Waals surface area (Å²) in [5, 5.41) is 0. The number of hydrogen-bond acceptors (Lipinski definition) is 0. The minimum absolute atomic E-state index is 0.582. The van der Waals surface area contributed by atoms with E-state index in [0.29, 0.717) is 5.92 Å². The SMILES string of the molecule is C[C@@H](CCl)Cc1ccccc1. The Morgan fingerprint density at radius 3 is 2.45 bits per heavy atom. The Morgan fingerprint density at radius 1 is 1.27 bits per heavy atom. The fourth-order valence-electron chi connectivity index (χ4n) is 1.07. The number of alkyl halides is 1. The highest BCUT2D eigenvalue weighted by atomic mass is 35.5. The Balaban J connectivity index is 2.51. The first-order valence-electron chi connectivity index (χ1n) is 3.93. The quantitative estimate of drug-likeness (QED) is 0.609. The van der Waals surface area contributed by atoms with Crippen LogP contribution in [0.3, 0.4) is 0 Å². The van der Waals surface area contributed by atoms with Crippen LogP contribution in [0, 0.1) is 5.92 Å². The van der Waals surface area contributed by atoms with E-state index in [4.69, 9.17) is 11.6 Å². The maximum atomic E-state index is 5.70. The lowest BCUT2D eigenvalue weighted by atomic mass is 10.0. The Labute approximate surface area is 73.2 Å². The summed E-state index contributed by atoms with van der Waals surface area (Å²) in [5.41, 5.74) is 1.38. The molecule has 0 N–H and O–H groups in total. The first kappa shape index (κ1) is 8.61. The molecule has 0 fully saturated rings. The van der Waals surface area contributed by atoms with E-state index < -0.39 is 0 Å². The van der Waals surface area contributed by atoms with Crippen molar-refractivity contribution in [3.8, 4) is 0 Å². The fourth-order valence-corrected chi connectivity index (χ4v) is 1.18. The molecule has 0 nitrogen and oxygen atoms in total. The second-order valence-electron chi connectivity index (χ2n) is 2.95. The lowest BCUT2D eigenvalue weighted by Gasteiger charge is -2.05. The second kappa shape index (κ2) is 4.40. The minimum Gasteiger partial charge on any atom is -0.126 e. The lowest BCUT2D eigenvalue weighted by molar-refractivity contribution is 0.655. The van der Waals surface area contributed by atoms with Crippen molar-refractivity contribution in [2.75, 3.05) is 5.88 Å². The highest BCUT2D eigenvalue weighted by Gasteiger charge is 1.99. The molecule has 0 bridgehead atoms. The van der Waals surface area contributed by atoms with E-state index in [0.717, 1.165) is 12.3 Å². The zero-order chi connectivity index (χ0) is 8.10. The molecule has 0 spiro atoms. The lowest BCUT2D eigenvalue weighted by Crippen LogP contribution is -2.00. The third kappa shape index (κ3) is 2.94. The maximum absolute atomic E-state index is 5.70. The summed E-state index contributed by atoms with van der Waals surface area (Å²) in [4.78, 5) is 0. The molecule has 11 heavy (non-hydrogen) atoms. The van der Waals surface area contributed by atoms with Gasteiger partial charge in [0, 0.05) is 5.88 Å². The summed E-state index contributed by atoms with van der Waals surface area (Å²) in [6, 6.07) is 10.5. The molecule has 0 aromatic heterocycles. The van der Waals surface area contributed by atoms with Crippen LogP contribution in [-0.2, 0) is 6.42 Å². The molecule has 0 amide bonds. The van der Waals surface area contributed by atoms with Gasteiger partial charge in [-0.15, -0.1) is 11.6 Å². The van der Waals surface area contributed by atoms with E-state index >= 15 is 0 Å². The molecular weight excluding hydrogens is 156 g/mol. The van der Waals surface area contributed by atoms with Gasteiger partial charge in [0.05, 0.1) is 0 Å². The Kier molecular flexibility index (Phi) is 3.44. The predicted molar refractivity (Wildman–Crippen MR) is 50.0 cm³/mol. The van der Waals surface area contributed by atoms with Gasteiger partial charge in [0.1, 0.15) is 0 Å². The van der Waals surface area contributed by atoms with E-state index in [-0.39, 0.29) is 0 Å². The maximum Gasteiger partial charge on any atom is 0.0252 e. The molecule has 0 saturated heterocycles. The number of hydrogen-bond donors (Lipinski definition) is 0. The molecule has 0 saturated carbocycles. The molecule has 0 aliphatic heterocycles. The first-order valence-corrected chi connectivity index (χ1v) is 4.46. The van der Waals surface area contributed by atoms with Crippen molar-refractivity contribution < 1.29 is 0 Å². The van der Waals surface area contributed by atoms with Gasteiger partial charge in [-0.05, 0) is 17.9 Å². The van der Waals surface area contributed by atoms with Crippen LogP contribution < -0.4 is 0 Å². The molecular formula is C10H13Cl. The molecule has 0 heterocycles. The van der Waals surface area contributed by atoms with Crippen LogP contribution in [0.15, 0.2) is 30.3 Å². The van der Waals surface area contributed by atoms with Gasteiger partial charge in [-0.3, -0.25) is 0 Å². The highest BCUT2D eigenvalue weighted by Crippen LogP contribution is 2.08. The Morgan fingerprint density at radius 2 is 1.91 bits per heavy atom. The van der Waals surface area contributed by atoms with Gasteiger partial charge < -0.3 is 0 Å². The smallest absolute Gasteiger partial charge is 0.0252 e. The van der Waals surface area contributed by atoms with E-state index in [1.54, 1.807) is 0 Å². The molecule has 0 aliphatic carbocycles. The third-order valence-electron chi connectivity index (χ3n) is 1.69. The average molecular weight is 169 g/mol. The third-order valence-corrected chi connectivity index (χ3v) is 2.22. The summed E-state index contributed by atoms with van der Waals surface area (Å²) in [7, 11) is 0. The largest absolute Gasteiger partial charge is 0.126 e. The van der Waals surface area contributed by atoms with Gasteiger partial charge in [0.15, 0.2) is 0 Å². The number of halogens is 1. The molecule has 1 heteroatoms. The van der Waals surface area contributed by atoms with Gasteiger partial charge in [0.2, 0.25) is 0 Å². The normalized spacial score (nSPS) is 12.9. The van der Waals surface area contributed by atoms with Crippen LogP contribution in [-0.4, -0.2) is 5.88 Å². The van der Waals surface area contributed by atoms with Gasteiger partial charge in [-0.2, -0.15) is 0 Å². The van der Waals surface area contributed by atoms with Gasteiger partial charge in [-0.1, -0.05) is 37.3 Å². The first-order chi connectivity index (χ1) is 5.33. The zero-order valence-corrected chi connectivity index (χ0v) is 7.51. The van der Waals surface area contributed by atoms with Crippen LogP contribution in [0.2, 0.25) is 0 Å². The van der Waals surface area contributed by atoms with Crippen molar-refractivity contribution in [3.05, 3.63) is 35.9 Å².